The highest BCUT2D eigenvalue weighted by molar-refractivity contribution is 6.46. The Bertz CT molecular complexity index is 1080. The Morgan fingerprint density at radius 1 is 1.00 bits per heavy atom. The zero-order valence-electron chi connectivity index (χ0n) is 15.2. The number of likely N-dealkylation sites (tertiary alicyclic amines) is 1. The molecule has 1 N–H and O–H groups in total. The Morgan fingerprint density at radius 2 is 1.72 bits per heavy atom. The highest BCUT2D eigenvalue weighted by Crippen LogP contribution is 2.39. The van der Waals surface area contributed by atoms with Gasteiger partial charge in [-0.2, -0.15) is 0 Å². The van der Waals surface area contributed by atoms with Gasteiger partial charge in [-0.3, -0.25) is 19.6 Å². The van der Waals surface area contributed by atoms with Crippen molar-refractivity contribution in [2.75, 3.05) is 0 Å². The van der Waals surface area contributed by atoms with Crippen LogP contribution in [-0.4, -0.2) is 31.7 Å². The maximum atomic E-state index is 13.3. The lowest BCUT2D eigenvalue weighted by Gasteiger charge is -2.25. The number of rotatable bonds is 4. The third-order valence-electron chi connectivity index (χ3n) is 4.76. The van der Waals surface area contributed by atoms with E-state index in [0.717, 1.165) is 5.56 Å². The zero-order chi connectivity index (χ0) is 20.4. The van der Waals surface area contributed by atoms with Gasteiger partial charge in [-0.15, -0.1) is 0 Å². The molecule has 1 aliphatic heterocycles. The van der Waals surface area contributed by atoms with E-state index in [4.69, 9.17) is 0 Å². The van der Waals surface area contributed by atoms with Gasteiger partial charge in [-0.05, 0) is 53.6 Å². The van der Waals surface area contributed by atoms with Gasteiger partial charge in [0.1, 0.15) is 11.6 Å². The highest BCUT2D eigenvalue weighted by atomic mass is 19.1. The minimum atomic E-state index is -0.803. The van der Waals surface area contributed by atoms with E-state index in [2.05, 4.69) is 9.97 Å². The number of hydrogen-bond donors (Lipinski definition) is 1. The van der Waals surface area contributed by atoms with E-state index in [0.29, 0.717) is 5.56 Å². The lowest BCUT2D eigenvalue weighted by atomic mass is 9.96. The summed E-state index contributed by atoms with van der Waals surface area (Å²) < 4.78 is 13.3. The molecule has 1 amide bonds. The minimum Gasteiger partial charge on any atom is -0.507 e. The fourth-order valence-corrected chi connectivity index (χ4v) is 3.39. The van der Waals surface area contributed by atoms with Crippen LogP contribution >= 0.6 is 0 Å². The molecule has 1 saturated heterocycles. The number of nitrogens with zero attached hydrogens (tertiary/aromatic N) is 3. The van der Waals surface area contributed by atoms with Crippen LogP contribution in [0.3, 0.4) is 0 Å². The lowest BCUT2D eigenvalue weighted by molar-refractivity contribution is -0.140. The van der Waals surface area contributed by atoms with E-state index in [1.165, 1.54) is 29.2 Å². The number of hydrogen-bond acceptors (Lipinski definition) is 5. The van der Waals surface area contributed by atoms with Crippen molar-refractivity contribution in [3.8, 4) is 0 Å². The van der Waals surface area contributed by atoms with Crippen LogP contribution in [0.1, 0.15) is 22.7 Å². The van der Waals surface area contributed by atoms with Crippen LogP contribution in [0.15, 0.2) is 78.9 Å². The van der Waals surface area contributed by atoms with Crippen LogP contribution in [0.25, 0.3) is 5.76 Å². The molecule has 3 heterocycles. The van der Waals surface area contributed by atoms with Crippen LogP contribution in [0, 0.1) is 5.82 Å². The third kappa shape index (κ3) is 3.50. The monoisotopic (exact) mass is 389 g/mol. The first-order valence-corrected chi connectivity index (χ1v) is 8.89. The molecule has 1 unspecified atom stereocenters. The summed E-state index contributed by atoms with van der Waals surface area (Å²) in [6.45, 7) is 0.144. The fraction of sp³-hybridized carbons (Fsp3) is 0.0909. The number of ketones is 1. The molecule has 0 spiro atoms. The van der Waals surface area contributed by atoms with Crippen molar-refractivity contribution in [1.82, 2.24) is 14.9 Å². The van der Waals surface area contributed by atoms with Gasteiger partial charge in [-0.25, -0.2) is 4.39 Å². The second-order valence-corrected chi connectivity index (χ2v) is 6.58. The number of amides is 1. The Balaban J connectivity index is 1.85. The predicted molar refractivity (Wildman–Crippen MR) is 103 cm³/mol. The number of carbonyl (C=O) groups excluding carboxylic acids is 2. The van der Waals surface area contributed by atoms with Crippen LogP contribution in [0.2, 0.25) is 0 Å². The summed E-state index contributed by atoms with van der Waals surface area (Å²) in [6, 6.07) is 11.2. The molecule has 2 aromatic heterocycles. The lowest BCUT2D eigenvalue weighted by Crippen LogP contribution is -2.29. The Labute approximate surface area is 166 Å². The first-order valence-electron chi connectivity index (χ1n) is 8.89. The molecule has 1 aromatic carbocycles. The maximum Gasteiger partial charge on any atom is 0.295 e. The number of aromatic nitrogens is 2. The molecule has 6 nitrogen and oxygen atoms in total. The van der Waals surface area contributed by atoms with Gasteiger partial charge in [0.05, 0.1) is 11.6 Å². The van der Waals surface area contributed by atoms with Crippen LogP contribution in [0.5, 0.6) is 0 Å². The van der Waals surface area contributed by atoms with Crippen molar-refractivity contribution in [2.45, 2.75) is 12.6 Å². The molecule has 4 rings (SSSR count). The first kappa shape index (κ1) is 18.5. The second-order valence-electron chi connectivity index (χ2n) is 6.58. The second kappa shape index (κ2) is 7.63. The van der Waals surface area contributed by atoms with Gasteiger partial charge in [0, 0.05) is 36.9 Å². The van der Waals surface area contributed by atoms with Crippen molar-refractivity contribution >= 4 is 17.4 Å². The summed E-state index contributed by atoms with van der Waals surface area (Å²) >= 11 is 0. The van der Waals surface area contributed by atoms with E-state index in [1.807, 2.05) is 0 Å². The highest BCUT2D eigenvalue weighted by Gasteiger charge is 2.46. The van der Waals surface area contributed by atoms with Crippen molar-refractivity contribution in [1.29, 1.82) is 0 Å². The summed E-state index contributed by atoms with van der Waals surface area (Å²) in [5.41, 5.74) is 1.59. The van der Waals surface area contributed by atoms with Crippen LogP contribution in [-0.2, 0) is 16.1 Å². The smallest absolute Gasteiger partial charge is 0.295 e. The molecule has 1 fully saturated rings. The normalized spacial score (nSPS) is 18.2. The van der Waals surface area contributed by atoms with Gasteiger partial charge < -0.3 is 10.0 Å². The van der Waals surface area contributed by atoms with Crippen molar-refractivity contribution in [3.05, 3.63) is 101 Å². The topological polar surface area (TPSA) is 83.4 Å². The summed E-state index contributed by atoms with van der Waals surface area (Å²) in [6.07, 6.45) is 6.34. The SMILES string of the molecule is O=C1C(=O)N(Cc2cccnc2)C(c2ccncc2)/C1=C(/O)c1ccc(F)cc1. The van der Waals surface area contributed by atoms with Crippen molar-refractivity contribution in [2.24, 2.45) is 0 Å². The van der Waals surface area contributed by atoms with E-state index < -0.39 is 23.5 Å². The molecule has 0 bridgehead atoms. The first-order chi connectivity index (χ1) is 14.1. The van der Waals surface area contributed by atoms with Crippen LogP contribution in [0.4, 0.5) is 4.39 Å². The average molecular weight is 389 g/mol. The van der Waals surface area contributed by atoms with E-state index in [1.54, 1.807) is 49.1 Å². The van der Waals surface area contributed by atoms with E-state index in [-0.39, 0.29) is 23.4 Å². The van der Waals surface area contributed by atoms with Gasteiger partial charge in [0.15, 0.2) is 0 Å². The Kier molecular flexibility index (Phi) is 4.87. The number of aliphatic hydroxyl groups excluding tert-OH is 1. The number of carbonyl (C=O) groups is 2. The summed E-state index contributed by atoms with van der Waals surface area (Å²) in [7, 11) is 0. The standard InChI is InChI=1S/C22H16FN3O3/c23-17-5-3-16(4-6-17)20(27)18-19(15-7-10-24-11-8-15)26(22(29)21(18)28)13-14-2-1-9-25-12-14/h1-12,19,27H,13H2/b20-18-. The molecule has 0 radical (unpaired) electrons. The number of aliphatic hydroxyl groups is 1. The number of benzene rings is 1. The molecule has 29 heavy (non-hydrogen) atoms. The van der Waals surface area contributed by atoms with Gasteiger partial charge in [0.25, 0.3) is 11.7 Å². The largest absolute Gasteiger partial charge is 0.507 e. The molecule has 0 aliphatic carbocycles. The molecular formula is C22H16FN3O3. The van der Waals surface area contributed by atoms with Crippen molar-refractivity contribution < 1.29 is 19.1 Å². The van der Waals surface area contributed by atoms with Gasteiger partial charge in [-0.1, -0.05) is 6.07 Å². The zero-order valence-corrected chi connectivity index (χ0v) is 15.2. The maximum absolute atomic E-state index is 13.3. The number of Topliss-reactive ketones (excluding diaryl/α,β-unsaturated/α-hetero) is 1. The number of pyridine rings is 2. The Hall–Kier alpha value is -3.87. The molecule has 3 aromatic rings. The van der Waals surface area contributed by atoms with E-state index >= 15 is 0 Å². The summed E-state index contributed by atoms with van der Waals surface area (Å²) in [5, 5.41) is 10.8. The minimum absolute atomic E-state index is 0.0447. The summed E-state index contributed by atoms with van der Waals surface area (Å²) in [4.78, 5) is 35.1. The predicted octanol–water partition coefficient (Wildman–Crippen LogP) is 3.24. The molecule has 0 saturated carbocycles. The fourth-order valence-electron chi connectivity index (χ4n) is 3.39. The Morgan fingerprint density at radius 3 is 2.38 bits per heavy atom. The molecular weight excluding hydrogens is 373 g/mol. The molecule has 7 heteroatoms. The van der Waals surface area contributed by atoms with Gasteiger partial charge in [0.2, 0.25) is 0 Å². The number of halogens is 1. The van der Waals surface area contributed by atoms with Crippen molar-refractivity contribution in [3.63, 3.8) is 0 Å². The summed E-state index contributed by atoms with van der Waals surface area (Å²) in [5.74, 6) is -2.33. The quantitative estimate of drug-likeness (QED) is 0.421. The van der Waals surface area contributed by atoms with Crippen LogP contribution < -0.4 is 0 Å². The van der Waals surface area contributed by atoms with E-state index in [9.17, 15) is 19.1 Å². The molecule has 144 valence electrons. The molecule has 1 aliphatic rings. The third-order valence-corrected chi connectivity index (χ3v) is 4.76. The average Bonchev–Trinajstić information content (AvgIpc) is 3.00. The molecule has 1 atom stereocenters. The van der Waals surface area contributed by atoms with Gasteiger partial charge >= 0.3 is 0 Å².